The van der Waals surface area contributed by atoms with Gasteiger partial charge in [0.2, 0.25) is 0 Å². The second kappa shape index (κ2) is 5.85. The average Bonchev–Trinajstić information content (AvgIpc) is 2.41. The van der Waals surface area contributed by atoms with Crippen molar-refractivity contribution in [3.05, 3.63) is 47.5 Å². The molecule has 0 atom stereocenters. The summed E-state index contributed by atoms with van der Waals surface area (Å²) in [6, 6.07) is 11.8. The third kappa shape index (κ3) is 4.93. The zero-order valence-electron chi connectivity index (χ0n) is 13.4. The van der Waals surface area contributed by atoms with Crippen molar-refractivity contribution in [3.63, 3.8) is 0 Å². The van der Waals surface area contributed by atoms with Crippen LogP contribution < -0.4 is 0 Å². The summed E-state index contributed by atoms with van der Waals surface area (Å²) in [4.78, 5) is 0. The lowest BCUT2D eigenvalue weighted by Gasteiger charge is -2.07. The maximum absolute atomic E-state index is 9.64. The first-order chi connectivity index (χ1) is 10.1. The Hall–Kier alpha value is -2.26. The van der Waals surface area contributed by atoms with Gasteiger partial charge in [0, 0.05) is 11.1 Å². The van der Waals surface area contributed by atoms with Crippen LogP contribution in [-0.2, 0) is 0 Å². The molecule has 0 fully saturated rings. The van der Waals surface area contributed by atoms with Crippen LogP contribution >= 0.6 is 0 Å². The first-order valence-electron chi connectivity index (χ1n) is 7.17. The van der Waals surface area contributed by atoms with E-state index < -0.39 is 11.2 Å². The van der Waals surface area contributed by atoms with E-state index in [1.165, 1.54) is 0 Å². The molecule has 2 N–H and O–H groups in total. The van der Waals surface area contributed by atoms with Crippen molar-refractivity contribution in [2.24, 2.45) is 0 Å². The van der Waals surface area contributed by atoms with Crippen LogP contribution in [0.15, 0.2) is 36.4 Å². The van der Waals surface area contributed by atoms with Crippen LogP contribution in [0, 0.1) is 23.7 Å². The Balaban J connectivity index is 2.36. The van der Waals surface area contributed by atoms with Gasteiger partial charge in [0.1, 0.15) is 11.2 Å². The van der Waals surface area contributed by atoms with E-state index in [1.54, 1.807) is 27.7 Å². The molecular formula is C20H20O2. The zero-order chi connectivity index (χ0) is 16.4. The Bertz CT molecular complexity index is 739. The van der Waals surface area contributed by atoms with E-state index in [1.807, 2.05) is 36.4 Å². The first kappa shape index (κ1) is 16.1. The summed E-state index contributed by atoms with van der Waals surface area (Å²) in [5.74, 6) is 11.6. The van der Waals surface area contributed by atoms with Crippen LogP contribution in [0.25, 0.3) is 10.8 Å². The normalized spacial score (nSPS) is 11.4. The topological polar surface area (TPSA) is 40.5 Å². The van der Waals surface area contributed by atoms with Crippen molar-refractivity contribution in [2.75, 3.05) is 0 Å². The van der Waals surface area contributed by atoms with Gasteiger partial charge in [0.25, 0.3) is 0 Å². The lowest BCUT2D eigenvalue weighted by molar-refractivity contribution is 0.143. The number of hydrogen-bond donors (Lipinski definition) is 2. The average molecular weight is 292 g/mol. The number of benzene rings is 2. The molecule has 2 heteroatoms. The highest BCUT2D eigenvalue weighted by atomic mass is 16.3. The van der Waals surface area contributed by atoms with Crippen molar-refractivity contribution in [3.8, 4) is 23.7 Å². The third-order valence-electron chi connectivity index (χ3n) is 2.87. The second-order valence-electron chi connectivity index (χ2n) is 6.39. The summed E-state index contributed by atoms with van der Waals surface area (Å²) in [5.41, 5.74) is -0.258. The summed E-state index contributed by atoms with van der Waals surface area (Å²) < 4.78 is 0. The molecule has 0 aliphatic carbocycles. The van der Waals surface area contributed by atoms with Crippen molar-refractivity contribution in [1.82, 2.24) is 0 Å². The van der Waals surface area contributed by atoms with Gasteiger partial charge in [-0.25, -0.2) is 0 Å². The van der Waals surface area contributed by atoms with Crippen LogP contribution in [0.5, 0.6) is 0 Å². The summed E-state index contributed by atoms with van der Waals surface area (Å²) in [5, 5.41) is 21.4. The Morgan fingerprint density at radius 3 is 1.36 bits per heavy atom. The second-order valence-corrected chi connectivity index (χ2v) is 6.39. The molecule has 0 radical (unpaired) electrons. The van der Waals surface area contributed by atoms with Crippen molar-refractivity contribution in [1.29, 1.82) is 0 Å². The summed E-state index contributed by atoms with van der Waals surface area (Å²) in [6.07, 6.45) is 0. The van der Waals surface area contributed by atoms with E-state index in [2.05, 4.69) is 23.7 Å². The molecule has 0 spiro atoms. The van der Waals surface area contributed by atoms with Gasteiger partial charge in [-0.2, -0.15) is 0 Å². The van der Waals surface area contributed by atoms with E-state index in [-0.39, 0.29) is 0 Å². The quantitative estimate of drug-likeness (QED) is 0.733. The van der Waals surface area contributed by atoms with Crippen molar-refractivity contribution in [2.45, 2.75) is 38.9 Å². The predicted molar refractivity (Wildman–Crippen MR) is 90.3 cm³/mol. The van der Waals surface area contributed by atoms with Gasteiger partial charge in [-0.3, -0.25) is 0 Å². The summed E-state index contributed by atoms with van der Waals surface area (Å²) in [6.45, 7) is 6.65. The fourth-order valence-electron chi connectivity index (χ4n) is 1.85. The molecule has 0 unspecified atom stereocenters. The van der Waals surface area contributed by atoms with E-state index in [0.717, 1.165) is 21.9 Å². The number of rotatable bonds is 0. The van der Waals surface area contributed by atoms with Crippen LogP contribution in [0.3, 0.4) is 0 Å². The monoisotopic (exact) mass is 292 g/mol. The van der Waals surface area contributed by atoms with E-state index >= 15 is 0 Å². The molecule has 0 aromatic heterocycles. The Morgan fingerprint density at radius 1 is 0.682 bits per heavy atom. The Labute approximate surface area is 131 Å². The lowest BCUT2D eigenvalue weighted by Crippen LogP contribution is -2.14. The van der Waals surface area contributed by atoms with Gasteiger partial charge in [0.15, 0.2) is 0 Å². The minimum Gasteiger partial charge on any atom is -0.378 e. The highest BCUT2D eigenvalue weighted by Gasteiger charge is 2.06. The largest absolute Gasteiger partial charge is 0.378 e. The van der Waals surface area contributed by atoms with Gasteiger partial charge >= 0.3 is 0 Å². The molecule has 0 heterocycles. The molecule has 2 rings (SSSR count). The molecule has 0 bridgehead atoms. The molecule has 0 aliphatic heterocycles. The molecule has 2 aromatic rings. The molecule has 0 saturated heterocycles. The zero-order valence-corrected chi connectivity index (χ0v) is 13.4. The highest BCUT2D eigenvalue weighted by molar-refractivity contribution is 5.85. The van der Waals surface area contributed by atoms with Crippen LogP contribution in [0.2, 0.25) is 0 Å². The maximum Gasteiger partial charge on any atom is 0.120 e. The Morgan fingerprint density at radius 2 is 1.05 bits per heavy atom. The number of hydrogen-bond acceptors (Lipinski definition) is 2. The fourth-order valence-corrected chi connectivity index (χ4v) is 1.85. The SMILES string of the molecule is CC(C)(O)C#Cc1ccc2cc(C#CC(C)(C)O)ccc2c1. The molecule has 112 valence electrons. The van der Waals surface area contributed by atoms with Crippen LogP contribution in [0.1, 0.15) is 38.8 Å². The minimum atomic E-state index is -0.995. The summed E-state index contributed by atoms with van der Waals surface area (Å²) in [7, 11) is 0. The summed E-state index contributed by atoms with van der Waals surface area (Å²) >= 11 is 0. The van der Waals surface area contributed by atoms with Gasteiger partial charge < -0.3 is 10.2 Å². The van der Waals surface area contributed by atoms with E-state index in [4.69, 9.17) is 0 Å². The van der Waals surface area contributed by atoms with Crippen molar-refractivity contribution >= 4 is 10.8 Å². The lowest BCUT2D eigenvalue weighted by atomic mass is 10.0. The van der Waals surface area contributed by atoms with Gasteiger partial charge in [-0.1, -0.05) is 35.8 Å². The molecule has 2 nitrogen and oxygen atoms in total. The van der Waals surface area contributed by atoms with Gasteiger partial charge in [0.05, 0.1) is 0 Å². The van der Waals surface area contributed by atoms with E-state index in [9.17, 15) is 10.2 Å². The smallest absolute Gasteiger partial charge is 0.120 e. The fraction of sp³-hybridized carbons (Fsp3) is 0.300. The van der Waals surface area contributed by atoms with Gasteiger partial charge in [-0.15, -0.1) is 0 Å². The Kier molecular flexibility index (Phi) is 4.29. The standard InChI is InChI=1S/C20H20O2/c1-19(2,21)11-9-15-5-7-18-14-16(6-8-17(18)13-15)10-12-20(3,4)22/h5-8,13-14,21-22H,1-4H3. The minimum absolute atomic E-state index is 0.866. The molecule has 0 aliphatic rings. The van der Waals surface area contributed by atoms with Crippen LogP contribution in [0.4, 0.5) is 0 Å². The third-order valence-corrected chi connectivity index (χ3v) is 2.87. The number of fused-ring (bicyclic) bond motifs is 1. The van der Waals surface area contributed by atoms with Crippen LogP contribution in [-0.4, -0.2) is 21.4 Å². The van der Waals surface area contributed by atoms with Gasteiger partial charge in [-0.05, 0) is 62.7 Å². The van der Waals surface area contributed by atoms with Crippen molar-refractivity contribution < 1.29 is 10.2 Å². The molecule has 2 aromatic carbocycles. The molecule has 0 saturated carbocycles. The molecular weight excluding hydrogens is 272 g/mol. The predicted octanol–water partition coefficient (Wildman–Crippen LogP) is 3.08. The van der Waals surface area contributed by atoms with E-state index in [0.29, 0.717) is 0 Å². The molecule has 0 amide bonds. The molecule has 22 heavy (non-hydrogen) atoms. The highest BCUT2D eigenvalue weighted by Crippen LogP contribution is 2.18. The first-order valence-corrected chi connectivity index (χ1v) is 7.17. The maximum atomic E-state index is 9.64. The number of aliphatic hydroxyl groups is 2.